The molecule has 0 spiro atoms. The second-order valence-electron chi connectivity index (χ2n) is 12.0. The van der Waals surface area contributed by atoms with Crippen LogP contribution in [0.3, 0.4) is 0 Å². The standard InChI is InChI=1S/C32H37ClN6O4/c1-5-42-30(40)29(28-27-7-6-12-38(27)20-34-28)39-19-24-25(33)17-22(18-26(24)35-39)21-8-10-23(11-9-21)36-13-15-37(16-14-36)31(41)43-32(2,3)4/h8-11,17-20,29H,5-7,12-16H2,1-4H3. The Labute approximate surface area is 256 Å². The molecule has 1 atom stereocenters. The Morgan fingerprint density at radius 1 is 1.02 bits per heavy atom. The molecular formula is C32H37ClN6O4. The van der Waals surface area contributed by atoms with Crippen molar-refractivity contribution in [1.29, 1.82) is 0 Å². The van der Waals surface area contributed by atoms with Crippen molar-refractivity contribution in [3.8, 4) is 11.1 Å². The molecule has 1 saturated heterocycles. The summed E-state index contributed by atoms with van der Waals surface area (Å²) in [7, 11) is 0. The lowest BCUT2D eigenvalue weighted by Gasteiger charge is -2.36. The molecule has 0 bridgehead atoms. The van der Waals surface area contributed by atoms with E-state index < -0.39 is 11.6 Å². The molecule has 0 radical (unpaired) electrons. The molecule has 4 heterocycles. The number of nitrogens with zero attached hydrogens (tertiary/aromatic N) is 6. The quantitative estimate of drug-likeness (QED) is 0.260. The summed E-state index contributed by atoms with van der Waals surface area (Å²) in [6.45, 7) is 11.3. The topological polar surface area (TPSA) is 94.7 Å². The second kappa shape index (κ2) is 11.6. The molecule has 0 aliphatic carbocycles. The number of ether oxygens (including phenoxy) is 2. The number of fused-ring (bicyclic) bond motifs is 2. The van der Waals surface area contributed by atoms with E-state index in [1.165, 1.54) is 0 Å². The molecule has 10 nitrogen and oxygen atoms in total. The summed E-state index contributed by atoms with van der Waals surface area (Å²) >= 11 is 6.78. The SMILES string of the molecule is CCOC(=O)C(c1ncn2c1CCC2)n1cc2c(Cl)cc(-c3ccc(N4CCN(C(=O)OC(C)(C)C)CC4)cc3)cc2n1. The van der Waals surface area contributed by atoms with Gasteiger partial charge in [0.1, 0.15) is 5.60 Å². The molecule has 43 heavy (non-hydrogen) atoms. The lowest BCUT2D eigenvalue weighted by molar-refractivity contribution is -0.146. The van der Waals surface area contributed by atoms with E-state index in [0.29, 0.717) is 29.3 Å². The summed E-state index contributed by atoms with van der Waals surface area (Å²) < 4.78 is 14.7. The van der Waals surface area contributed by atoms with Crippen molar-refractivity contribution in [2.24, 2.45) is 0 Å². The molecule has 226 valence electrons. The number of hydrogen-bond acceptors (Lipinski definition) is 7. The molecule has 2 aromatic carbocycles. The fourth-order valence-electron chi connectivity index (χ4n) is 5.84. The number of rotatable bonds is 6. The zero-order valence-electron chi connectivity index (χ0n) is 25.0. The second-order valence-corrected chi connectivity index (χ2v) is 12.4. The Morgan fingerprint density at radius 3 is 2.47 bits per heavy atom. The van der Waals surface area contributed by atoms with E-state index in [2.05, 4.69) is 38.7 Å². The first kappa shape index (κ1) is 29.0. The van der Waals surface area contributed by atoms with E-state index in [1.807, 2.05) is 39.1 Å². The van der Waals surface area contributed by atoms with Crippen LogP contribution in [0.4, 0.5) is 10.5 Å². The molecule has 1 amide bonds. The van der Waals surface area contributed by atoms with Gasteiger partial charge in [0.25, 0.3) is 0 Å². The maximum atomic E-state index is 13.2. The number of imidazole rings is 1. The average Bonchev–Trinajstić information content (AvgIpc) is 3.70. The minimum Gasteiger partial charge on any atom is -0.464 e. The zero-order valence-corrected chi connectivity index (χ0v) is 25.8. The minimum absolute atomic E-state index is 0.264. The van der Waals surface area contributed by atoms with Crippen molar-refractivity contribution >= 4 is 40.3 Å². The van der Waals surface area contributed by atoms with Crippen LogP contribution in [-0.2, 0) is 27.2 Å². The predicted octanol–water partition coefficient (Wildman–Crippen LogP) is 5.71. The molecule has 0 N–H and O–H groups in total. The van der Waals surface area contributed by atoms with Crippen molar-refractivity contribution in [3.05, 3.63) is 65.3 Å². The largest absolute Gasteiger partial charge is 0.464 e. The lowest BCUT2D eigenvalue weighted by atomic mass is 10.0. The van der Waals surface area contributed by atoms with E-state index >= 15 is 0 Å². The summed E-state index contributed by atoms with van der Waals surface area (Å²) in [5.74, 6) is -0.387. The van der Waals surface area contributed by atoms with Gasteiger partial charge in [-0.1, -0.05) is 23.7 Å². The molecule has 4 aromatic rings. The summed E-state index contributed by atoms with van der Waals surface area (Å²) in [6.07, 6.45) is 5.23. The fraction of sp³-hybridized carbons (Fsp3) is 0.438. The minimum atomic E-state index is -0.781. The average molecular weight is 605 g/mol. The van der Waals surface area contributed by atoms with Crippen molar-refractivity contribution in [2.75, 3.05) is 37.7 Å². The number of benzene rings is 2. The van der Waals surface area contributed by atoms with E-state index in [4.69, 9.17) is 26.2 Å². The number of anilines is 1. The molecule has 2 aromatic heterocycles. The van der Waals surface area contributed by atoms with Crippen molar-refractivity contribution in [3.63, 3.8) is 0 Å². The highest BCUT2D eigenvalue weighted by atomic mass is 35.5. The number of aromatic nitrogens is 4. The summed E-state index contributed by atoms with van der Waals surface area (Å²) in [5, 5.41) is 6.12. The number of piperazine rings is 1. The molecule has 11 heteroatoms. The summed E-state index contributed by atoms with van der Waals surface area (Å²) in [6, 6.07) is 11.5. The van der Waals surface area contributed by atoms with Gasteiger partial charge in [0, 0.05) is 55.7 Å². The van der Waals surface area contributed by atoms with Gasteiger partial charge in [-0.25, -0.2) is 14.6 Å². The Balaban J connectivity index is 1.22. The van der Waals surface area contributed by atoms with Gasteiger partial charge in [-0.05, 0) is 75.9 Å². The smallest absolute Gasteiger partial charge is 0.410 e. The van der Waals surface area contributed by atoms with Crippen LogP contribution >= 0.6 is 11.6 Å². The third-order valence-electron chi connectivity index (χ3n) is 7.91. The number of halogens is 1. The van der Waals surface area contributed by atoms with E-state index in [0.717, 1.165) is 60.4 Å². The Bertz CT molecular complexity index is 1650. The van der Waals surface area contributed by atoms with Gasteiger partial charge in [0.15, 0.2) is 6.04 Å². The highest BCUT2D eigenvalue weighted by Crippen LogP contribution is 2.34. The molecule has 6 rings (SSSR count). The molecule has 1 fully saturated rings. The van der Waals surface area contributed by atoms with Gasteiger partial charge in [-0.3, -0.25) is 4.68 Å². The molecule has 2 aliphatic rings. The number of carbonyl (C=O) groups is 2. The Morgan fingerprint density at radius 2 is 1.77 bits per heavy atom. The van der Waals surface area contributed by atoms with Gasteiger partial charge < -0.3 is 23.8 Å². The zero-order chi connectivity index (χ0) is 30.3. The van der Waals surface area contributed by atoms with Gasteiger partial charge in [0.2, 0.25) is 0 Å². The first-order valence-electron chi connectivity index (χ1n) is 14.8. The van der Waals surface area contributed by atoms with Gasteiger partial charge >= 0.3 is 12.1 Å². The van der Waals surface area contributed by atoms with Crippen LogP contribution in [0.1, 0.15) is 51.5 Å². The van der Waals surface area contributed by atoms with Gasteiger partial charge in [-0.2, -0.15) is 5.10 Å². The Hall–Kier alpha value is -4.05. The van der Waals surface area contributed by atoms with Crippen LogP contribution in [0, 0.1) is 0 Å². The molecule has 2 aliphatic heterocycles. The van der Waals surface area contributed by atoms with Crippen LogP contribution in [0.2, 0.25) is 5.02 Å². The van der Waals surface area contributed by atoms with E-state index in [1.54, 1.807) is 22.8 Å². The highest BCUT2D eigenvalue weighted by molar-refractivity contribution is 6.35. The number of carbonyl (C=O) groups excluding carboxylic acids is 2. The highest BCUT2D eigenvalue weighted by Gasteiger charge is 2.32. The van der Waals surface area contributed by atoms with Gasteiger partial charge in [0.05, 0.1) is 29.2 Å². The van der Waals surface area contributed by atoms with Crippen LogP contribution in [-0.4, -0.2) is 74.7 Å². The fourth-order valence-corrected chi connectivity index (χ4v) is 6.10. The monoisotopic (exact) mass is 604 g/mol. The number of hydrogen-bond donors (Lipinski definition) is 0. The van der Waals surface area contributed by atoms with Crippen molar-refractivity contribution in [2.45, 2.75) is 58.7 Å². The number of amides is 1. The van der Waals surface area contributed by atoms with Crippen molar-refractivity contribution < 1.29 is 19.1 Å². The molecule has 1 unspecified atom stereocenters. The van der Waals surface area contributed by atoms with Crippen LogP contribution < -0.4 is 4.90 Å². The normalized spacial score (nSPS) is 15.9. The first-order chi connectivity index (χ1) is 20.6. The van der Waals surface area contributed by atoms with E-state index in [9.17, 15) is 9.59 Å². The number of aryl methyl sites for hydroxylation is 1. The first-order valence-corrected chi connectivity index (χ1v) is 15.2. The van der Waals surface area contributed by atoms with Crippen molar-refractivity contribution in [1.82, 2.24) is 24.2 Å². The van der Waals surface area contributed by atoms with Crippen LogP contribution in [0.15, 0.2) is 48.9 Å². The van der Waals surface area contributed by atoms with Crippen LogP contribution in [0.5, 0.6) is 0 Å². The summed E-state index contributed by atoms with van der Waals surface area (Å²) in [4.78, 5) is 34.2. The number of esters is 1. The molecular weight excluding hydrogens is 568 g/mol. The summed E-state index contributed by atoms with van der Waals surface area (Å²) in [5.41, 5.74) is 4.95. The maximum absolute atomic E-state index is 13.2. The van der Waals surface area contributed by atoms with Gasteiger partial charge in [-0.15, -0.1) is 0 Å². The third kappa shape index (κ3) is 5.93. The molecule has 0 saturated carbocycles. The predicted molar refractivity (Wildman–Crippen MR) is 166 cm³/mol. The Kier molecular flexibility index (Phi) is 7.81. The van der Waals surface area contributed by atoms with E-state index in [-0.39, 0.29) is 18.7 Å². The maximum Gasteiger partial charge on any atom is 0.410 e. The lowest BCUT2D eigenvalue weighted by Crippen LogP contribution is -2.50. The van der Waals surface area contributed by atoms with Crippen LogP contribution in [0.25, 0.3) is 22.0 Å². The third-order valence-corrected chi connectivity index (χ3v) is 8.23.